The van der Waals surface area contributed by atoms with Crippen LogP contribution < -0.4 is 0 Å². The van der Waals surface area contributed by atoms with Gasteiger partial charge in [-0.2, -0.15) is 0 Å². The molecule has 2 saturated carbocycles. The Morgan fingerprint density at radius 1 is 1.24 bits per heavy atom. The molecular weight excluding hydrogens is 260 g/mol. The monoisotopic (exact) mass is 284 g/mol. The Kier molecular flexibility index (Phi) is 2.76. The van der Waals surface area contributed by atoms with E-state index in [1.165, 1.54) is 17.5 Å². The molecule has 0 amide bonds. The quantitative estimate of drug-likeness (QED) is 0.767. The number of phenolic OH excluding ortho intramolecular Hbond substituents is 1. The number of carbonyl (C=O) groups excluding carboxylic acids is 1. The van der Waals surface area contributed by atoms with Crippen LogP contribution in [-0.4, -0.2) is 10.9 Å². The zero-order valence-electron chi connectivity index (χ0n) is 12.9. The molecule has 0 radical (unpaired) electrons. The van der Waals surface area contributed by atoms with E-state index in [2.05, 4.69) is 19.9 Å². The van der Waals surface area contributed by atoms with Crippen LogP contribution in [0.4, 0.5) is 0 Å². The average Bonchev–Trinajstić information content (AvgIpc) is 2.76. The molecule has 0 aliphatic heterocycles. The fourth-order valence-corrected chi connectivity index (χ4v) is 5.64. The summed E-state index contributed by atoms with van der Waals surface area (Å²) in [5, 5.41) is 9.78. The molecule has 4 unspecified atom stereocenters. The highest BCUT2D eigenvalue weighted by Gasteiger charge is 2.55. The predicted molar refractivity (Wildman–Crippen MR) is 82.4 cm³/mol. The maximum atomic E-state index is 12.3. The summed E-state index contributed by atoms with van der Waals surface area (Å²) in [7, 11) is 0. The number of benzene rings is 1. The number of aromatic hydroxyl groups is 1. The minimum atomic E-state index is -0.0463. The normalized spacial score (nSPS) is 41.3. The van der Waals surface area contributed by atoms with E-state index in [1.54, 1.807) is 0 Å². The van der Waals surface area contributed by atoms with Gasteiger partial charge in [0.1, 0.15) is 11.5 Å². The Balaban J connectivity index is 1.77. The summed E-state index contributed by atoms with van der Waals surface area (Å²) < 4.78 is 0. The van der Waals surface area contributed by atoms with Gasteiger partial charge in [0.25, 0.3) is 0 Å². The summed E-state index contributed by atoms with van der Waals surface area (Å²) >= 11 is 0. The van der Waals surface area contributed by atoms with Crippen LogP contribution in [0, 0.1) is 17.3 Å². The van der Waals surface area contributed by atoms with Crippen molar-refractivity contribution in [2.75, 3.05) is 0 Å². The minimum Gasteiger partial charge on any atom is -0.508 e. The number of hydrogen-bond donors (Lipinski definition) is 1. The summed E-state index contributed by atoms with van der Waals surface area (Å²) in [6.45, 7) is 4.50. The molecule has 1 aromatic carbocycles. The topological polar surface area (TPSA) is 37.3 Å². The van der Waals surface area contributed by atoms with Crippen LogP contribution in [-0.2, 0) is 4.79 Å². The van der Waals surface area contributed by atoms with Gasteiger partial charge in [0.05, 0.1) is 0 Å². The lowest BCUT2D eigenvalue weighted by Gasteiger charge is -2.49. The van der Waals surface area contributed by atoms with Gasteiger partial charge in [0, 0.05) is 11.8 Å². The lowest BCUT2D eigenvalue weighted by atomic mass is 9.54. The Hall–Kier alpha value is -1.31. The highest BCUT2D eigenvalue weighted by Crippen LogP contribution is 2.61. The maximum absolute atomic E-state index is 12.3. The van der Waals surface area contributed by atoms with E-state index < -0.39 is 0 Å². The first-order valence-corrected chi connectivity index (χ1v) is 8.37. The van der Waals surface area contributed by atoms with Gasteiger partial charge in [-0.15, -0.1) is 0 Å². The molecule has 112 valence electrons. The molecule has 0 bridgehead atoms. The van der Waals surface area contributed by atoms with Gasteiger partial charge in [-0.3, -0.25) is 4.79 Å². The zero-order chi connectivity index (χ0) is 14.8. The third-order valence-electron chi connectivity index (χ3n) is 6.77. The SMILES string of the molecule is C[C@H]1CC2C(CCC3(C)C(=O)CCC23)c2ccc(O)cc21. The first-order chi connectivity index (χ1) is 10.0. The van der Waals surface area contributed by atoms with Gasteiger partial charge in [0.2, 0.25) is 0 Å². The molecule has 2 heteroatoms. The third kappa shape index (κ3) is 1.74. The van der Waals surface area contributed by atoms with E-state index in [-0.39, 0.29) is 5.41 Å². The molecule has 0 spiro atoms. The van der Waals surface area contributed by atoms with Crippen molar-refractivity contribution in [1.82, 2.24) is 0 Å². The van der Waals surface area contributed by atoms with Crippen LogP contribution in [0.3, 0.4) is 0 Å². The van der Waals surface area contributed by atoms with Gasteiger partial charge in [-0.05, 0) is 72.6 Å². The summed E-state index contributed by atoms with van der Waals surface area (Å²) in [6.07, 6.45) is 5.24. The van der Waals surface area contributed by atoms with Crippen LogP contribution >= 0.6 is 0 Å². The van der Waals surface area contributed by atoms with Crippen LogP contribution in [0.25, 0.3) is 0 Å². The average molecular weight is 284 g/mol. The van der Waals surface area contributed by atoms with Crippen molar-refractivity contribution >= 4 is 5.78 Å². The Morgan fingerprint density at radius 2 is 2.05 bits per heavy atom. The van der Waals surface area contributed by atoms with Crippen molar-refractivity contribution in [3.05, 3.63) is 29.3 Å². The fourth-order valence-electron chi connectivity index (χ4n) is 5.64. The summed E-state index contributed by atoms with van der Waals surface area (Å²) in [5.74, 6) is 3.22. The van der Waals surface area contributed by atoms with Gasteiger partial charge >= 0.3 is 0 Å². The van der Waals surface area contributed by atoms with Crippen LogP contribution in [0.1, 0.15) is 68.9 Å². The molecule has 0 aromatic heterocycles. The molecule has 5 atom stereocenters. The number of carbonyl (C=O) groups is 1. The molecule has 1 N–H and O–H groups in total. The van der Waals surface area contributed by atoms with Crippen LogP contribution in [0.2, 0.25) is 0 Å². The number of fused-ring (bicyclic) bond motifs is 5. The Bertz CT molecular complexity index is 606. The van der Waals surface area contributed by atoms with Crippen molar-refractivity contribution in [2.45, 2.75) is 57.8 Å². The van der Waals surface area contributed by atoms with Crippen molar-refractivity contribution in [1.29, 1.82) is 0 Å². The predicted octanol–water partition coefficient (Wildman–Crippen LogP) is 4.38. The second-order valence-electron chi connectivity index (χ2n) is 7.74. The lowest BCUT2D eigenvalue weighted by molar-refractivity contribution is -0.129. The van der Waals surface area contributed by atoms with Crippen molar-refractivity contribution in [2.24, 2.45) is 17.3 Å². The number of hydrogen-bond acceptors (Lipinski definition) is 2. The molecule has 21 heavy (non-hydrogen) atoms. The van der Waals surface area contributed by atoms with E-state index in [9.17, 15) is 9.90 Å². The van der Waals surface area contributed by atoms with E-state index in [4.69, 9.17) is 0 Å². The molecule has 2 nitrogen and oxygen atoms in total. The van der Waals surface area contributed by atoms with Gasteiger partial charge < -0.3 is 5.11 Å². The van der Waals surface area contributed by atoms with Crippen molar-refractivity contribution in [3.8, 4) is 5.75 Å². The van der Waals surface area contributed by atoms with E-state index >= 15 is 0 Å². The molecule has 2 fully saturated rings. The minimum absolute atomic E-state index is 0.0463. The smallest absolute Gasteiger partial charge is 0.139 e. The van der Waals surface area contributed by atoms with Crippen molar-refractivity contribution < 1.29 is 9.90 Å². The molecule has 4 rings (SSSR count). The maximum Gasteiger partial charge on any atom is 0.139 e. The van der Waals surface area contributed by atoms with Gasteiger partial charge in [-0.1, -0.05) is 19.9 Å². The molecule has 3 aliphatic rings. The van der Waals surface area contributed by atoms with E-state index in [1.807, 2.05) is 12.1 Å². The summed E-state index contributed by atoms with van der Waals surface area (Å²) in [4.78, 5) is 12.3. The van der Waals surface area contributed by atoms with Crippen LogP contribution in [0.5, 0.6) is 5.75 Å². The molecule has 0 saturated heterocycles. The molecular formula is C19H24O2. The van der Waals surface area contributed by atoms with E-state index in [0.29, 0.717) is 35.2 Å². The Labute approximate surface area is 126 Å². The summed E-state index contributed by atoms with van der Waals surface area (Å²) in [5.41, 5.74) is 2.73. The first kappa shape index (κ1) is 13.4. The van der Waals surface area contributed by atoms with Crippen molar-refractivity contribution in [3.63, 3.8) is 0 Å². The van der Waals surface area contributed by atoms with E-state index in [0.717, 1.165) is 25.7 Å². The van der Waals surface area contributed by atoms with Gasteiger partial charge in [0.15, 0.2) is 0 Å². The third-order valence-corrected chi connectivity index (χ3v) is 6.77. The lowest BCUT2D eigenvalue weighted by Crippen LogP contribution is -2.42. The van der Waals surface area contributed by atoms with Gasteiger partial charge in [-0.25, -0.2) is 0 Å². The largest absolute Gasteiger partial charge is 0.508 e. The highest BCUT2D eigenvalue weighted by molar-refractivity contribution is 5.87. The van der Waals surface area contributed by atoms with Crippen LogP contribution in [0.15, 0.2) is 18.2 Å². The number of Topliss-reactive ketones (excluding diaryl/α,β-unsaturated/α-hetero) is 1. The standard InChI is InChI=1S/C19H24O2/c1-11-9-16-14(13-4-3-12(20)10-15(11)13)7-8-19(2)17(16)5-6-18(19)21/h3-4,10-11,14,16-17,20H,5-9H2,1-2H3/t11-,14?,16?,17?,19?/m0/s1. The fraction of sp³-hybridized carbons (Fsp3) is 0.632. The second-order valence-corrected chi connectivity index (χ2v) is 7.74. The molecule has 3 aliphatic carbocycles. The highest BCUT2D eigenvalue weighted by atomic mass is 16.3. The molecule has 1 aromatic rings. The molecule has 0 heterocycles. The number of phenols is 1. The zero-order valence-corrected chi connectivity index (χ0v) is 12.9. The second kappa shape index (κ2) is 4.34. The number of rotatable bonds is 0. The summed E-state index contributed by atoms with van der Waals surface area (Å²) in [6, 6.07) is 5.93. The Morgan fingerprint density at radius 3 is 2.86 bits per heavy atom. The number of ketones is 1. The first-order valence-electron chi connectivity index (χ1n) is 8.37.